The molecule has 1 unspecified atom stereocenters. The van der Waals surface area contributed by atoms with E-state index in [9.17, 15) is 4.79 Å². The number of urea groups is 1. The number of hydrogen-bond donors (Lipinski definition) is 1. The van der Waals surface area contributed by atoms with Gasteiger partial charge in [-0.2, -0.15) is 4.98 Å². The predicted octanol–water partition coefficient (Wildman–Crippen LogP) is 6.02. The minimum atomic E-state index is -0.225. The van der Waals surface area contributed by atoms with Gasteiger partial charge in [-0.15, -0.1) is 0 Å². The molecule has 3 aromatic carbocycles. The highest BCUT2D eigenvalue weighted by atomic mass is 79.9. The van der Waals surface area contributed by atoms with E-state index >= 15 is 0 Å². The van der Waals surface area contributed by atoms with Crippen LogP contribution in [-0.2, 0) is 0 Å². The molecule has 1 aromatic heterocycles. The third kappa shape index (κ3) is 3.57. The minimum Gasteiger partial charge on any atom is -0.337 e. The first-order valence-electron chi connectivity index (χ1n) is 9.84. The van der Waals surface area contributed by atoms with Crippen LogP contribution in [0.25, 0.3) is 22.2 Å². The van der Waals surface area contributed by atoms with Gasteiger partial charge in [0.25, 0.3) is 0 Å². The number of benzene rings is 3. The smallest absolute Gasteiger partial charge is 0.322 e. The van der Waals surface area contributed by atoms with Crippen molar-refractivity contribution in [2.45, 2.75) is 18.9 Å². The molecule has 30 heavy (non-hydrogen) atoms. The van der Waals surface area contributed by atoms with Crippen LogP contribution in [0.3, 0.4) is 0 Å². The van der Waals surface area contributed by atoms with E-state index in [1.165, 1.54) is 0 Å². The van der Waals surface area contributed by atoms with E-state index in [4.69, 9.17) is 4.52 Å². The van der Waals surface area contributed by atoms with Gasteiger partial charge in [-0.25, -0.2) is 4.79 Å². The number of carbonyl (C=O) groups excluding carboxylic acids is 1. The Balaban J connectivity index is 1.37. The van der Waals surface area contributed by atoms with Gasteiger partial charge in [0, 0.05) is 22.0 Å². The van der Waals surface area contributed by atoms with Gasteiger partial charge in [-0.05, 0) is 48.6 Å². The summed E-state index contributed by atoms with van der Waals surface area (Å²) >= 11 is 3.43. The number of fused-ring (bicyclic) bond motifs is 1. The Bertz CT molecular complexity index is 1200. The Morgan fingerprint density at radius 3 is 2.73 bits per heavy atom. The number of likely N-dealkylation sites (tertiary alicyclic amines) is 1. The number of rotatable bonds is 3. The van der Waals surface area contributed by atoms with Crippen molar-refractivity contribution in [3.8, 4) is 11.4 Å². The molecule has 1 atom stereocenters. The highest BCUT2D eigenvalue weighted by Gasteiger charge is 2.34. The average Bonchev–Trinajstić information content (AvgIpc) is 3.44. The van der Waals surface area contributed by atoms with Crippen molar-refractivity contribution in [2.24, 2.45) is 0 Å². The number of halogens is 1. The lowest BCUT2D eigenvalue weighted by atomic mass is 10.1. The van der Waals surface area contributed by atoms with Crippen LogP contribution in [0.4, 0.5) is 10.5 Å². The first kappa shape index (κ1) is 18.8. The fourth-order valence-electron chi connectivity index (χ4n) is 3.87. The molecule has 0 spiro atoms. The van der Waals surface area contributed by atoms with E-state index in [2.05, 4.69) is 31.4 Å². The lowest BCUT2D eigenvalue weighted by Crippen LogP contribution is -2.34. The number of amides is 2. The fourth-order valence-corrected chi connectivity index (χ4v) is 4.14. The molecule has 4 aromatic rings. The van der Waals surface area contributed by atoms with Crippen molar-refractivity contribution >= 4 is 38.4 Å². The van der Waals surface area contributed by atoms with Crippen molar-refractivity contribution < 1.29 is 9.32 Å². The van der Waals surface area contributed by atoms with Crippen LogP contribution in [0.15, 0.2) is 75.7 Å². The van der Waals surface area contributed by atoms with E-state index in [0.717, 1.165) is 39.3 Å². The molecule has 2 amide bonds. The number of nitrogens with one attached hydrogen (secondary N) is 1. The van der Waals surface area contributed by atoms with Gasteiger partial charge in [0.1, 0.15) is 6.04 Å². The second kappa shape index (κ2) is 7.91. The van der Waals surface area contributed by atoms with Crippen LogP contribution in [0.5, 0.6) is 0 Å². The Morgan fingerprint density at radius 1 is 1.07 bits per heavy atom. The predicted molar refractivity (Wildman–Crippen MR) is 119 cm³/mol. The van der Waals surface area contributed by atoms with Crippen molar-refractivity contribution in [1.29, 1.82) is 0 Å². The number of carbonyl (C=O) groups is 1. The SMILES string of the molecule is O=C(Nc1cccc2ccccc12)N1CCCC1c1nc(-c2ccc(Br)cc2)no1. The van der Waals surface area contributed by atoms with Gasteiger partial charge in [0.15, 0.2) is 0 Å². The second-order valence-corrected chi connectivity index (χ2v) is 8.19. The highest BCUT2D eigenvalue weighted by molar-refractivity contribution is 9.10. The Morgan fingerprint density at radius 2 is 1.87 bits per heavy atom. The number of nitrogens with zero attached hydrogens (tertiary/aromatic N) is 3. The third-order valence-corrected chi connectivity index (χ3v) is 5.90. The summed E-state index contributed by atoms with van der Waals surface area (Å²) in [6.07, 6.45) is 1.69. The maximum Gasteiger partial charge on any atom is 0.322 e. The molecule has 1 fully saturated rings. The summed E-state index contributed by atoms with van der Waals surface area (Å²) in [6, 6.07) is 21.3. The molecule has 7 heteroatoms. The van der Waals surface area contributed by atoms with E-state index < -0.39 is 0 Å². The minimum absolute atomic E-state index is 0.155. The van der Waals surface area contributed by atoms with Crippen molar-refractivity contribution in [3.05, 3.63) is 77.1 Å². The summed E-state index contributed by atoms with van der Waals surface area (Å²) in [5, 5.41) is 9.28. The van der Waals surface area contributed by atoms with Crippen LogP contribution < -0.4 is 5.32 Å². The van der Waals surface area contributed by atoms with Crippen LogP contribution in [0.2, 0.25) is 0 Å². The number of anilines is 1. The first-order valence-corrected chi connectivity index (χ1v) is 10.6. The van der Waals surface area contributed by atoms with Crippen molar-refractivity contribution in [3.63, 3.8) is 0 Å². The van der Waals surface area contributed by atoms with E-state index in [1.807, 2.05) is 66.7 Å². The van der Waals surface area contributed by atoms with Gasteiger partial charge in [-0.1, -0.05) is 57.5 Å². The Labute approximate surface area is 182 Å². The number of aromatic nitrogens is 2. The molecule has 1 aliphatic heterocycles. The standard InChI is InChI=1S/C23H19BrN4O2/c24-17-12-10-16(11-13-17)21-26-22(30-27-21)20-9-4-14-28(20)23(29)25-19-8-3-6-15-5-1-2-7-18(15)19/h1-3,5-8,10-13,20H,4,9,14H2,(H,25,29). The molecule has 0 bridgehead atoms. The van der Waals surface area contributed by atoms with Crippen LogP contribution in [0, 0.1) is 0 Å². The summed E-state index contributed by atoms with van der Waals surface area (Å²) in [7, 11) is 0. The van der Waals surface area contributed by atoms with Crippen LogP contribution in [0.1, 0.15) is 24.8 Å². The van der Waals surface area contributed by atoms with Crippen LogP contribution >= 0.6 is 15.9 Å². The summed E-state index contributed by atoms with van der Waals surface area (Å²) in [4.78, 5) is 19.4. The first-order chi connectivity index (χ1) is 14.7. The lowest BCUT2D eigenvalue weighted by molar-refractivity contribution is 0.193. The zero-order valence-corrected chi connectivity index (χ0v) is 17.7. The largest absolute Gasteiger partial charge is 0.337 e. The second-order valence-electron chi connectivity index (χ2n) is 7.27. The molecule has 0 saturated carbocycles. The van der Waals surface area contributed by atoms with E-state index in [0.29, 0.717) is 18.3 Å². The zero-order chi connectivity index (χ0) is 20.5. The van der Waals surface area contributed by atoms with Gasteiger partial charge in [0.2, 0.25) is 11.7 Å². The van der Waals surface area contributed by atoms with E-state index in [1.54, 1.807) is 4.90 Å². The summed E-state index contributed by atoms with van der Waals surface area (Å²) in [5.41, 5.74) is 1.67. The molecule has 1 saturated heterocycles. The molecule has 1 aliphatic rings. The fraction of sp³-hybridized carbons (Fsp3) is 0.174. The molecule has 6 nitrogen and oxygen atoms in total. The van der Waals surface area contributed by atoms with Gasteiger partial charge in [-0.3, -0.25) is 0 Å². The maximum absolute atomic E-state index is 13.1. The summed E-state index contributed by atoms with van der Waals surface area (Å²) < 4.78 is 6.53. The van der Waals surface area contributed by atoms with Crippen molar-refractivity contribution in [1.82, 2.24) is 15.0 Å². The highest BCUT2D eigenvalue weighted by Crippen LogP contribution is 2.33. The zero-order valence-electron chi connectivity index (χ0n) is 16.1. The van der Waals surface area contributed by atoms with Gasteiger partial charge in [0.05, 0.1) is 5.69 Å². The van der Waals surface area contributed by atoms with Crippen molar-refractivity contribution in [2.75, 3.05) is 11.9 Å². The van der Waals surface area contributed by atoms with Crippen LogP contribution in [-0.4, -0.2) is 27.6 Å². The summed E-state index contributed by atoms with van der Waals surface area (Å²) in [6.45, 7) is 0.650. The molecular formula is C23H19BrN4O2. The third-order valence-electron chi connectivity index (χ3n) is 5.37. The van der Waals surface area contributed by atoms with E-state index in [-0.39, 0.29) is 12.1 Å². The topological polar surface area (TPSA) is 71.3 Å². The van der Waals surface area contributed by atoms with Gasteiger partial charge < -0.3 is 14.7 Å². The monoisotopic (exact) mass is 462 g/mol. The molecule has 2 heterocycles. The Kier molecular flexibility index (Phi) is 4.96. The average molecular weight is 463 g/mol. The quantitative estimate of drug-likeness (QED) is 0.403. The molecule has 1 N–H and O–H groups in total. The molecule has 5 rings (SSSR count). The van der Waals surface area contributed by atoms with Gasteiger partial charge >= 0.3 is 6.03 Å². The molecule has 0 radical (unpaired) electrons. The lowest BCUT2D eigenvalue weighted by Gasteiger charge is -2.22. The molecule has 0 aliphatic carbocycles. The summed E-state index contributed by atoms with van der Waals surface area (Å²) in [5.74, 6) is 0.998. The normalized spacial score (nSPS) is 16.2. The Hall–Kier alpha value is -3.19. The molecular weight excluding hydrogens is 444 g/mol. The number of hydrogen-bond acceptors (Lipinski definition) is 4. The maximum atomic E-state index is 13.1. The molecule has 150 valence electrons.